The Morgan fingerprint density at radius 1 is 0.750 bits per heavy atom. The van der Waals surface area contributed by atoms with E-state index in [0.717, 1.165) is 11.3 Å². The Bertz CT molecular complexity index is 1170. The number of ether oxygens (including phenoxy) is 2. The number of nitrogens with zero attached hydrogens (tertiary/aromatic N) is 2. The van der Waals surface area contributed by atoms with Crippen LogP contribution in [-0.4, -0.2) is 32.1 Å². The van der Waals surface area contributed by atoms with Gasteiger partial charge in [-0.15, -0.1) is 0 Å². The SMILES string of the molecule is COc1cccc([C@@H]2[C@H]3C(=O)N(c4cccc(OC)c4)C(=O)[C@H]3ON2c2ccccc2)c1. The van der Waals surface area contributed by atoms with Crippen LogP contribution in [0.5, 0.6) is 11.5 Å². The van der Waals surface area contributed by atoms with Gasteiger partial charge in [0.05, 0.1) is 31.6 Å². The number of para-hydroxylation sites is 1. The zero-order valence-electron chi connectivity index (χ0n) is 17.7. The normalized spacial score (nSPS) is 22.2. The van der Waals surface area contributed by atoms with Crippen LogP contribution >= 0.6 is 0 Å². The molecule has 2 amide bonds. The Kier molecular flexibility index (Phi) is 5.03. The highest BCUT2D eigenvalue weighted by Gasteiger charge is 2.60. The first kappa shape index (κ1) is 20.1. The van der Waals surface area contributed by atoms with Gasteiger partial charge in [0, 0.05) is 6.07 Å². The van der Waals surface area contributed by atoms with Gasteiger partial charge in [0.1, 0.15) is 17.4 Å². The third kappa shape index (κ3) is 3.18. The smallest absolute Gasteiger partial charge is 0.266 e. The molecule has 0 aliphatic carbocycles. The Hall–Kier alpha value is -3.84. The summed E-state index contributed by atoms with van der Waals surface area (Å²) in [6, 6.07) is 23.4. The van der Waals surface area contributed by atoms with E-state index in [0.29, 0.717) is 17.2 Å². The summed E-state index contributed by atoms with van der Waals surface area (Å²) in [6.07, 6.45) is -0.926. The third-order valence-electron chi connectivity index (χ3n) is 5.87. The second kappa shape index (κ2) is 8.01. The van der Waals surface area contributed by atoms with E-state index in [1.807, 2.05) is 54.6 Å². The number of hydrogen-bond donors (Lipinski definition) is 0. The first-order chi connectivity index (χ1) is 15.6. The molecule has 0 N–H and O–H groups in total. The molecule has 5 rings (SSSR count). The van der Waals surface area contributed by atoms with Gasteiger partial charge in [0.15, 0.2) is 6.10 Å². The molecule has 2 aliphatic heterocycles. The van der Waals surface area contributed by atoms with Crippen LogP contribution in [0.1, 0.15) is 11.6 Å². The first-order valence-electron chi connectivity index (χ1n) is 10.3. The summed E-state index contributed by atoms with van der Waals surface area (Å²) in [4.78, 5) is 34.4. The third-order valence-corrected chi connectivity index (χ3v) is 5.87. The second-order valence-electron chi connectivity index (χ2n) is 7.65. The van der Waals surface area contributed by atoms with Crippen molar-refractivity contribution in [3.05, 3.63) is 84.4 Å². The molecule has 3 aromatic rings. The molecule has 2 aliphatic rings. The van der Waals surface area contributed by atoms with E-state index in [9.17, 15) is 9.59 Å². The van der Waals surface area contributed by atoms with Gasteiger partial charge in [-0.2, -0.15) is 0 Å². The van der Waals surface area contributed by atoms with Crippen molar-refractivity contribution in [3.63, 3.8) is 0 Å². The fourth-order valence-electron chi connectivity index (χ4n) is 4.38. The summed E-state index contributed by atoms with van der Waals surface area (Å²) in [6.45, 7) is 0. The lowest BCUT2D eigenvalue weighted by Crippen LogP contribution is -2.37. The van der Waals surface area contributed by atoms with Gasteiger partial charge in [-0.3, -0.25) is 14.4 Å². The molecule has 3 atom stereocenters. The summed E-state index contributed by atoms with van der Waals surface area (Å²) >= 11 is 0. The predicted octanol–water partition coefficient (Wildman–Crippen LogP) is 3.75. The van der Waals surface area contributed by atoms with Crippen molar-refractivity contribution in [2.45, 2.75) is 12.1 Å². The standard InChI is InChI=1S/C25H22N2O5/c1-30-19-12-6-8-16(14-19)22-21-23(32-27(22)17-9-4-3-5-10-17)25(29)26(24(21)28)18-11-7-13-20(15-18)31-2/h3-15,21-23H,1-2H3/t21-,22-,23+/m1/s1. The molecular weight excluding hydrogens is 408 g/mol. The van der Waals surface area contributed by atoms with Gasteiger partial charge in [-0.1, -0.05) is 36.4 Å². The van der Waals surface area contributed by atoms with E-state index >= 15 is 0 Å². The lowest BCUT2D eigenvalue weighted by atomic mass is 9.90. The van der Waals surface area contributed by atoms with Gasteiger partial charge in [-0.05, 0) is 42.0 Å². The van der Waals surface area contributed by atoms with Crippen LogP contribution in [0.15, 0.2) is 78.9 Å². The maximum absolute atomic E-state index is 13.6. The van der Waals surface area contributed by atoms with Crippen LogP contribution < -0.4 is 19.4 Å². The fraction of sp³-hybridized carbons (Fsp3) is 0.200. The Labute approximate surface area is 185 Å². The summed E-state index contributed by atoms with van der Waals surface area (Å²) in [5, 5.41) is 1.67. The lowest BCUT2D eigenvalue weighted by Gasteiger charge is -2.29. The van der Waals surface area contributed by atoms with Crippen molar-refractivity contribution in [1.82, 2.24) is 0 Å². The lowest BCUT2D eigenvalue weighted by molar-refractivity contribution is -0.126. The average Bonchev–Trinajstić information content (AvgIpc) is 3.35. The number of imide groups is 1. The molecule has 0 bridgehead atoms. The Morgan fingerprint density at radius 2 is 1.41 bits per heavy atom. The Morgan fingerprint density at radius 3 is 2.12 bits per heavy atom. The number of carbonyl (C=O) groups excluding carboxylic acids is 2. The number of amides is 2. The van der Waals surface area contributed by atoms with Crippen molar-refractivity contribution in [3.8, 4) is 11.5 Å². The molecule has 2 saturated heterocycles. The van der Waals surface area contributed by atoms with Gasteiger partial charge in [0.25, 0.3) is 5.91 Å². The highest BCUT2D eigenvalue weighted by molar-refractivity contribution is 6.24. The molecule has 2 fully saturated rings. The molecule has 32 heavy (non-hydrogen) atoms. The van der Waals surface area contributed by atoms with Crippen molar-refractivity contribution in [2.75, 3.05) is 24.2 Å². The van der Waals surface area contributed by atoms with Crippen LogP contribution in [0.25, 0.3) is 0 Å². The minimum atomic E-state index is -0.926. The van der Waals surface area contributed by atoms with Crippen molar-refractivity contribution in [2.24, 2.45) is 5.92 Å². The predicted molar refractivity (Wildman–Crippen MR) is 119 cm³/mol. The number of fused-ring (bicyclic) bond motifs is 1. The molecule has 0 aromatic heterocycles. The number of hydroxylamine groups is 1. The van der Waals surface area contributed by atoms with E-state index in [1.54, 1.807) is 43.5 Å². The minimum Gasteiger partial charge on any atom is -0.497 e. The average molecular weight is 430 g/mol. The molecule has 162 valence electrons. The largest absolute Gasteiger partial charge is 0.497 e. The monoisotopic (exact) mass is 430 g/mol. The van der Waals surface area contributed by atoms with Crippen molar-refractivity contribution in [1.29, 1.82) is 0 Å². The van der Waals surface area contributed by atoms with E-state index in [4.69, 9.17) is 14.3 Å². The van der Waals surface area contributed by atoms with E-state index < -0.39 is 18.1 Å². The van der Waals surface area contributed by atoms with Crippen molar-refractivity contribution < 1.29 is 23.9 Å². The van der Waals surface area contributed by atoms with Crippen LogP contribution in [0.2, 0.25) is 0 Å². The van der Waals surface area contributed by atoms with Crippen LogP contribution in [0.4, 0.5) is 11.4 Å². The van der Waals surface area contributed by atoms with Crippen LogP contribution in [0, 0.1) is 5.92 Å². The molecule has 2 heterocycles. The quantitative estimate of drug-likeness (QED) is 0.575. The number of carbonyl (C=O) groups is 2. The topological polar surface area (TPSA) is 68.3 Å². The molecule has 7 nitrogen and oxygen atoms in total. The minimum absolute atomic E-state index is 0.306. The molecule has 0 spiro atoms. The summed E-state index contributed by atoms with van der Waals surface area (Å²) in [5.41, 5.74) is 2.06. The highest BCUT2D eigenvalue weighted by atomic mass is 16.7. The summed E-state index contributed by atoms with van der Waals surface area (Å²) in [7, 11) is 3.14. The molecule has 0 radical (unpaired) electrons. The van der Waals surface area contributed by atoms with Crippen LogP contribution in [0.3, 0.4) is 0 Å². The van der Waals surface area contributed by atoms with Gasteiger partial charge in [0.2, 0.25) is 5.91 Å². The molecule has 7 heteroatoms. The van der Waals surface area contributed by atoms with E-state index in [2.05, 4.69) is 0 Å². The fourth-order valence-corrected chi connectivity index (χ4v) is 4.38. The number of anilines is 2. The number of benzene rings is 3. The van der Waals surface area contributed by atoms with E-state index in [-0.39, 0.29) is 11.8 Å². The first-order valence-corrected chi connectivity index (χ1v) is 10.3. The number of hydrogen-bond acceptors (Lipinski definition) is 6. The number of rotatable bonds is 5. The Balaban J connectivity index is 1.59. The summed E-state index contributed by atoms with van der Waals surface area (Å²) < 4.78 is 10.7. The van der Waals surface area contributed by atoms with Gasteiger partial charge in [-0.25, -0.2) is 9.96 Å². The molecule has 0 unspecified atom stereocenters. The second-order valence-corrected chi connectivity index (χ2v) is 7.65. The zero-order valence-corrected chi connectivity index (χ0v) is 17.7. The van der Waals surface area contributed by atoms with E-state index in [1.165, 1.54) is 4.90 Å². The number of methoxy groups -OCH3 is 2. The molecule has 0 saturated carbocycles. The molecule has 3 aromatic carbocycles. The highest BCUT2D eigenvalue weighted by Crippen LogP contribution is 2.48. The summed E-state index contributed by atoms with van der Waals surface area (Å²) in [5.74, 6) is -0.170. The zero-order chi connectivity index (χ0) is 22.2. The van der Waals surface area contributed by atoms with Crippen molar-refractivity contribution >= 4 is 23.2 Å². The van der Waals surface area contributed by atoms with Gasteiger partial charge >= 0.3 is 0 Å². The van der Waals surface area contributed by atoms with Crippen LogP contribution in [-0.2, 0) is 14.4 Å². The maximum Gasteiger partial charge on any atom is 0.266 e. The van der Waals surface area contributed by atoms with Gasteiger partial charge < -0.3 is 9.47 Å². The molecular formula is C25H22N2O5. The maximum atomic E-state index is 13.6.